The lowest BCUT2D eigenvalue weighted by atomic mass is 10.1. The molecule has 0 fully saturated rings. The van der Waals surface area contributed by atoms with Crippen molar-refractivity contribution < 1.29 is 0 Å². The summed E-state index contributed by atoms with van der Waals surface area (Å²) >= 11 is 0. The lowest BCUT2D eigenvalue weighted by molar-refractivity contribution is 1.40. The van der Waals surface area contributed by atoms with E-state index in [2.05, 4.69) is 20.9 Å². The van der Waals surface area contributed by atoms with Gasteiger partial charge in [0.25, 0.3) is 0 Å². The van der Waals surface area contributed by atoms with Crippen molar-refractivity contribution in [2.24, 2.45) is 4.99 Å². The van der Waals surface area contributed by atoms with Gasteiger partial charge in [-0.05, 0) is 48.5 Å². The molecule has 2 aromatic carbocycles. The number of aliphatic imine (C=N–C) groups is 1. The number of hydrogen-bond donors (Lipinski definition) is 3. The van der Waals surface area contributed by atoms with Gasteiger partial charge in [0.1, 0.15) is 5.84 Å². The van der Waals surface area contributed by atoms with Crippen molar-refractivity contribution in [2.75, 3.05) is 37.1 Å². The molecule has 2 aromatic rings. The van der Waals surface area contributed by atoms with Crippen LogP contribution >= 0.6 is 0 Å². The Morgan fingerprint density at radius 2 is 1.20 bits per heavy atom. The highest BCUT2D eigenvalue weighted by Crippen LogP contribution is 2.15. The molecule has 20 heavy (non-hydrogen) atoms. The molecule has 104 valence electrons. The van der Waals surface area contributed by atoms with Gasteiger partial charge < -0.3 is 16.0 Å². The number of amidine groups is 1. The van der Waals surface area contributed by atoms with E-state index in [1.807, 2.05) is 62.6 Å². The molecule has 0 aromatic heterocycles. The van der Waals surface area contributed by atoms with Gasteiger partial charge in [-0.2, -0.15) is 0 Å². The number of hydrogen-bond acceptors (Lipinski definition) is 3. The molecule has 0 aliphatic carbocycles. The van der Waals surface area contributed by atoms with Crippen LogP contribution in [0.1, 0.15) is 5.56 Å². The summed E-state index contributed by atoms with van der Waals surface area (Å²) in [6.45, 7) is 0. The first-order chi connectivity index (χ1) is 9.76. The molecule has 3 N–H and O–H groups in total. The number of nitrogens with one attached hydrogen (secondary N) is 3. The van der Waals surface area contributed by atoms with Crippen LogP contribution in [0.2, 0.25) is 0 Å². The second-order valence-corrected chi connectivity index (χ2v) is 4.35. The highest BCUT2D eigenvalue weighted by molar-refractivity contribution is 6.08. The quantitative estimate of drug-likeness (QED) is 0.589. The molecule has 0 radical (unpaired) electrons. The second kappa shape index (κ2) is 6.61. The first-order valence-electron chi connectivity index (χ1n) is 6.56. The molecule has 0 heterocycles. The molecule has 4 nitrogen and oxygen atoms in total. The van der Waals surface area contributed by atoms with E-state index >= 15 is 0 Å². The van der Waals surface area contributed by atoms with Gasteiger partial charge in [0.2, 0.25) is 0 Å². The molecule has 0 amide bonds. The van der Waals surface area contributed by atoms with Crippen molar-refractivity contribution in [3.8, 4) is 0 Å². The van der Waals surface area contributed by atoms with Crippen LogP contribution in [0, 0.1) is 0 Å². The van der Waals surface area contributed by atoms with Crippen molar-refractivity contribution in [1.29, 1.82) is 0 Å². The Balaban J connectivity index is 2.15. The summed E-state index contributed by atoms with van der Waals surface area (Å²) in [6.07, 6.45) is 0. The first-order valence-corrected chi connectivity index (χ1v) is 6.56. The molecule has 0 unspecified atom stereocenters. The molecule has 0 aliphatic rings. The van der Waals surface area contributed by atoms with Gasteiger partial charge in [-0.25, -0.2) is 0 Å². The maximum Gasteiger partial charge on any atom is 0.132 e. The Labute approximate surface area is 119 Å². The first kappa shape index (κ1) is 13.9. The molecular formula is C16H20N4. The number of anilines is 3. The predicted molar refractivity (Wildman–Crippen MR) is 88.1 cm³/mol. The lowest BCUT2D eigenvalue weighted by Gasteiger charge is -2.11. The van der Waals surface area contributed by atoms with E-state index in [9.17, 15) is 0 Å². The fraction of sp³-hybridized carbons (Fsp3) is 0.188. The highest BCUT2D eigenvalue weighted by atomic mass is 15.0. The summed E-state index contributed by atoms with van der Waals surface area (Å²) in [6, 6.07) is 16.3. The Kier molecular flexibility index (Phi) is 4.60. The van der Waals surface area contributed by atoms with Gasteiger partial charge in [0.05, 0.1) is 0 Å². The molecule has 2 rings (SSSR count). The zero-order valence-electron chi connectivity index (χ0n) is 12.1. The highest BCUT2D eigenvalue weighted by Gasteiger charge is 2.03. The summed E-state index contributed by atoms with van der Waals surface area (Å²) in [7, 11) is 5.60. The summed E-state index contributed by atoms with van der Waals surface area (Å²) in [4.78, 5) is 4.32. The average molecular weight is 268 g/mol. The SMILES string of the molecule is CN=C(Nc1ccc(NC)cc1)c1ccc(NC)cc1. The van der Waals surface area contributed by atoms with E-state index in [1.54, 1.807) is 7.05 Å². The summed E-state index contributed by atoms with van der Waals surface area (Å²) in [5.74, 6) is 0.852. The standard InChI is InChI=1S/C16H20N4/c1-17-13-6-4-12(5-7-13)16(19-3)20-15-10-8-14(18-2)9-11-15/h4-11,17-18H,1-3H3,(H,19,20). The van der Waals surface area contributed by atoms with E-state index < -0.39 is 0 Å². The maximum atomic E-state index is 4.32. The molecule has 0 saturated heterocycles. The normalized spacial score (nSPS) is 11.1. The van der Waals surface area contributed by atoms with Crippen LogP contribution in [0.5, 0.6) is 0 Å². The molecule has 0 atom stereocenters. The van der Waals surface area contributed by atoms with Crippen LogP contribution in [0.3, 0.4) is 0 Å². The molecular weight excluding hydrogens is 248 g/mol. The Morgan fingerprint density at radius 1 is 0.750 bits per heavy atom. The third-order valence-corrected chi connectivity index (χ3v) is 3.11. The van der Waals surface area contributed by atoms with Crippen molar-refractivity contribution >= 4 is 22.9 Å². The van der Waals surface area contributed by atoms with Crippen LogP contribution in [0.15, 0.2) is 53.5 Å². The second-order valence-electron chi connectivity index (χ2n) is 4.35. The smallest absolute Gasteiger partial charge is 0.132 e. The topological polar surface area (TPSA) is 48.5 Å². The van der Waals surface area contributed by atoms with Gasteiger partial charge in [-0.1, -0.05) is 0 Å². The minimum Gasteiger partial charge on any atom is -0.388 e. The van der Waals surface area contributed by atoms with Crippen LogP contribution < -0.4 is 16.0 Å². The Hall–Kier alpha value is -2.49. The zero-order chi connectivity index (χ0) is 14.4. The minimum absolute atomic E-state index is 0.852. The van der Waals surface area contributed by atoms with Crippen molar-refractivity contribution in [3.05, 3.63) is 54.1 Å². The Morgan fingerprint density at radius 3 is 1.65 bits per heavy atom. The number of benzene rings is 2. The zero-order valence-corrected chi connectivity index (χ0v) is 12.1. The molecule has 0 spiro atoms. The minimum atomic E-state index is 0.852. The van der Waals surface area contributed by atoms with Crippen LogP contribution in [-0.2, 0) is 0 Å². The van der Waals surface area contributed by atoms with E-state index in [4.69, 9.17) is 0 Å². The van der Waals surface area contributed by atoms with Crippen molar-refractivity contribution in [1.82, 2.24) is 0 Å². The largest absolute Gasteiger partial charge is 0.388 e. The predicted octanol–water partition coefficient (Wildman–Crippen LogP) is 3.26. The van der Waals surface area contributed by atoms with Crippen molar-refractivity contribution in [3.63, 3.8) is 0 Å². The van der Waals surface area contributed by atoms with Gasteiger partial charge in [-0.15, -0.1) is 0 Å². The van der Waals surface area contributed by atoms with Gasteiger partial charge >= 0.3 is 0 Å². The number of nitrogens with zero attached hydrogens (tertiary/aromatic N) is 1. The average Bonchev–Trinajstić information content (AvgIpc) is 2.53. The Bertz CT molecular complexity index is 570. The maximum absolute atomic E-state index is 4.32. The van der Waals surface area contributed by atoms with Crippen LogP contribution in [-0.4, -0.2) is 27.0 Å². The number of rotatable bonds is 4. The molecule has 0 bridgehead atoms. The van der Waals surface area contributed by atoms with E-state index in [1.165, 1.54) is 0 Å². The van der Waals surface area contributed by atoms with Crippen LogP contribution in [0.4, 0.5) is 17.1 Å². The van der Waals surface area contributed by atoms with E-state index in [0.717, 1.165) is 28.5 Å². The monoisotopic (exact) mass is 268 g/mol. The third-order valence-electron chi connectivity index (χ3n) is 3.11. The molecule has 4 heteroatoms. The van der Waals surface area contributed by atoms with Gasteiger partial charge in [0.15, 0.2) is 0 Å². The third kappa shape index (κ3) is 3.29. The van der Waals surface area contributed by atoms with Crippen LogP contribution in [0.25, 0.3) is 0 Å². The molecule has 0 saturated carbocycles. The van der Waals surface area contributed by atoms with Crippen molar-refractivity contribution in [2.45, 2.75) is 0 Å². The summed E-state index contributed by atoms with van der Waals surface area (Å²) in [5.41, 5.74) is 4.25. The van der Waals surface area contributed by atoms with E-state index in [0.29, 0.717) is 0 Å². The van der Waals surface area contributed by atoms with E-state index in [-0.39, 0.29) is 0 Å². The van der Waals surface area contributed by atoms with Gasteiger partial charge in [0, 0.05) is 43.8 Å². The fourth-order valence-electron chi connectivity index (χ4n) is 1.91. The molecule has 0 aliphatic heterocycles. The lowest BCUT2D eigenvalue weighted by Crippen LogP contribution is -2.13. The van der Waals surface area contributed by atoms with Gasteiger partial charge in [-0.3, -0.25) is 4.99 Å². The fourth-order valence-corrected chi connectivity index (χ4v) is 1.91. The summed E-state index contributed by atoms with van der Waals surface area (Å²) in [5, 5.41) is 9.54. The summed E-state index contributed by atoms with van der Waals surface area (Å²) < 4.78 is 0.